The van der Waals surface area contributed by atoms with E-state index in [9.17, 15) is 13.2 Å². The molecule has 1 aromatic rings. The van der Waals surface area contributed by atoms with Crippen molar-refractivity contribution in [1.82, 2.24) is 4.90 Å². The highest BCUT2D eigenvalue weighted by molar-refractivity contribution is 7.89. The van der Waals surface area contributed by atoms with Crippen molar-refractivity contribution in [2.24, 2.45) is 11.1 Å². The number of carbonyl (C=O) groups is 1. The van der Waals surface area contributed by atoms with E-state index in [1.54, 1.807) is 4.90 Å². The Labute approximate surface area is 161 Å². The first-order valence-corrected chi connectivity index (χ1v) is 11.4. The van der Waals surface area contributed by atoms with Crippen molar-refractivity contribution in [2.45, 2.75) is 44.6 Å². The molecule has 3 N–H and O–H groups in total. The molecule has 1 heterocycles. The number of nitrogens with two attached hydrogens (primary N) is 1. The van der Waals surface area contributed by atoms with Crippen LogP contribution in [-0.4, -0.2) is 51.3 Å². The Morgan fingerprint density at radius 3 is 2.63 bits per heavy atom. The Bertz CT molecular complexity index is 762. The van der Waals surface area contributed by atoms with E-state index in [1.807, 2.05) is 24.3 Å². The Morgan fingerprint density at radius 2 is 1.93 bits per heavy atom. The maximum absolute atomic E-state index is 12.8. The fraction of sp³-hybridized carbons (Fsp3) is 0.632. The third-order valence-corrected chi connectivity index (χ3v) is 6.61. The van der Waals surface area contributed by atoms with Crippen LogP contribution in [0.25, 0.3) is 0 Å². The molecule has 0 aromatic heterocycles. The molecule has 2 fully saturated rings. The number of anilines is 2. The number of piperidine rings is 1. The molecular formula is C19H30N4O3S. The summed E-state index contributed by atoms with van der Waals surface area (Å²) in [4.78, 5) is 16.8. The molecule has 2 amide bonds. The quantitative estimate of drug-likeness (QED) is 0.802. The largest absolute Gasteiger partial charge is 0.370 e. The number of hydrogen-bond acceptors (Lipinski definition) is 4. The molecule has 1 saturated carbocycles. The molecule has 3 rings (SSSR count). The highest BCUT2D eigenvalue weighted by atomic mass is 32.2. The Kier molecular flexibility index (Phi) is 6.26. The number of urea groups is 1. The number of primary sulfonamides is 1. The SMILES string of the molecule is CN(c1ccccc1NC(=O)N1CCC[C@H](CS(N)(=O)=O)C1)C1CCCC1. The normalized spacial score (nSPS) is 21.3. The van der Waals surface area contributed by atoms with Gasteiger partial charge in [-0.1, -0.05) is 25.0 Å². The second-order valence-electron chi connectivity index (χ2n) is 7.78. The van der Waals surface area contributed by atoms with Crippen LogP contribution < -0.4 is 15.4 Å². The molecule has 0 radical (unpaired) electrons. The molecule has 1 atom stereocenters. The van der Waals surface area contributed by atoms with Gasteiger partial charge in [0.2, 0.25) is 10.0 Å². The average Bonchev–Trinajstić information content (AvgIpc) is 3.15. The first-order chi connectivity index (χ1) is 12.8. The molecule has 0 bridgehead atoms. The van der Waals surface area contributed by atoms with E-state index in [0.29, 0.717) is 19.1 Å². The van der Waals surface area contributed by atoms with E-state index in [2.05, 4.69) is 17.3 Å². The Morgan fingerprint density at radius 1 is 1.22 bits per heavy atom. The number of nitrogens with one attached hydrogen (secondary N) is 1. The Balaban J connectivity index is 1.67. The van der Waals surface area contributed by atoms with Gasteiger partial charge >= 0.3 is 6.03 Å². The van der Waals surface area contributed by atoms with E-state index in [1.165, 1.54) is 25.7 Å². The van der Waals surface area contributed by atoms with Gasteiger partial charge in [-0.25, -0.2) is 18.4 Å². The van der Waals surface area contributed by atoms with Crippen LogP contribution in [0.4, 0.5) is 16.2 Å². The summed E-state index contributed by atoms with van der Waals surface area (Å²) >= 11 is 0. The summed E-state index contributed by atoms with van der Waals surface area (Å²) in [6.07, 6.45) is 6.43. The maximum Gasteiger partial charge on any atom is 0.321 e. The molecule has 1 saturated heterocycles. The zero-order chi connectivity index (χ0) is 19.4. The predicted molar refractivity (Wildman–Crippen MR) is 108 cm³/mol. The van der Waals surface area contributed by atoms with Crippen molar-refractivity contribution in [3.05, 3.63) is 24.3 Å². The zero-order valence-electron chi connectivity index (χ0n) is 15.9. The van der Waals surface area contributed by atoms with Crippen LogP contribution in [0.1, 0.15) is 38.5 Å². The smallest absolute Gasteiger partial charge is 0.321 e. The van der Waals surface area contributed by atoms with Crippen molar-refractivity contribution in [1.29, 1.82) is 0 Å². The van der Waals surface area contributed by atoms with E-state index < -0.39 is 10.0 Å². The summed E-state index contributed by atoms with van der Waals surface area (Å²) < 4.78 is 22.7. The topological polar surface area (TPSA) is 95.7 Å². The van der Waals surface area contributed by atoms with E-state index in [-0.39, 0.29) is 17.7 Å². The standard InChI is InChI=1S/C19H30N4O3S/c1-22(16-8-2-3-9-16)18-11-5-4-10-17(18)21-19(24)23-12-6-7-15(13-23)14-27(20,25)26/h4-5,10-11,15-16H,2-3,6-9,12-14H2,1H3,(H,21,24)(H2,20,25,26)/t15-/m0/s1. The van der Waals surface area contributed by atoms with Gasteiger partial charge in [-0.05, 0) is 43.7 Å². The third kappa shape index (κ3) is 5.35. The van der Waals surface area contributed by atoms with Gasteiger partial charge < -0.3 is 15.1 Å². The van der Waals surface area contributed by atoms with Gasteiger partial charge in [0.15, 0.2) is 0 Å². The maximum atomic E-state index is 12.8. The molecule has 150 valence electrons. The molecule has 2 aliphatic rings. The molecule has 1 aliphatic heterocycles. The number of hydrogen-bond donors (Lipinski definition) is 2. The molecule has 1 aromatic carbocycles. The predicted octanol–water partition coefficient (Wildman–Crippen LogP) is 2.60. The molecule has 7 nitrogen and oxygen atoms in total. The van der Waals surface area contributed by atoms with Crippen molar-refractivity contribution in [2.75, 3.05) is 36.1 Å². The number of para-hydroxylation sites is 2. The van der Waals surface area contributed by atoms with Crippen LogP contribution in [0, 0.1) is 5.92 Å². The lowest BCUT2D eigenvalue weighted by atomic mass is 10.0. The van der Waals surface area contributed by atoms with Crippen LogP contribution in [0.15, 0.2) is 24.3 Å². The van der Waals surface area contributed by atoms with E-state index in [0.717, 1.165) is 24.2 Å². The number of benzene rings is 1. The summed E-state index contributed by atoms with van der Waals surface area (Å²) in [5.74, 6) is -0.173. The van der Waals surface area contributed by atoms with E-state index >= 15 is 0 Å². The van der Waals surface area contributed by atoms with Gasteiger partial charge in [0.25, 0.3) is 0 Å². The van der Waals surface area contributed by atoms with Crippen LogP contribution in [0.3, 0.4) is 0 Å². The fourth-order valence-electron chi connectivity index (χ4n) is 4.28. The Hall–Kier alpha value is -1.80. The highest BCUT2D eigenvalue weighted by Crippen LogP contribution is 2.32. The summed E-state index contributed by atoms with van der Waals surface area (Å²) in [5.41, 5.74) is 1.82. The van der Waals surface area contributed by atoms with Crippen molar-refractivity contribution >= 4 is 27.4 Å². The van der Waals surface area contributed by atoms with Crippen LogP contribution in [-0.2, 0) is 10.0 Å². The number of amides is 2. The molecule has 8 heteroatoms. The van der Waals surface area contributed by atoms with Gasteiger partial charge in [-0.15, -0.1) is 0 Å². The van der Waals surface area contributed by atoms with E-state index in [4.69, 9.17) is 5.14 Å². The lowest BCUT2D eigenvalue weighted by Crippen LogP contribution is -2.44. The number of carbonyl (C=O) groups excluding carboxylic acids is 1. The van der Waals surface area contributed by atoms with Gasteiger partial charge in [0.05, 0.1) is 17.1 Å². The summed E-state index contributed by atoms with van der Waals surface area (Å²) in [5, 5.41) is 8.20. The van der Waals surface area contributed by atoms with Crippen molar-refractivity contribution < 1.29 is 13.2 Å². The molecular weight excluding hydrogens is 364 g/mol. The molecule has 1 aliphatic carbocycles. The number of sulfonamides is 1. The summed E-state index contributed by atoms with van der Waals surface area (Å²) in [6, 6.07) is 8.19. The summed E-state index contributed by atoms with van der Waals surface area (Å²) in [6.45, 7) is 1.05. The molecule has 0 unspecified atom stereocenters. The van der Waals surface area contributed by atoms with Crippen molar-refractivity contribution in [3.63, 3.8) is 0 Å². The number of likely N-dealkylation sites (tertiary alicyclic amines) is 1. The molecule has 27 heavy (non-hydrogen) atoms. The van der Waals surface area contributed by atoms with Gasteiger partial charge in [-0.3, -0.25) is 0 Å². The third-order valence-electron chi connectivity index (χ3n) is 5.67. The monoisotopic (exact) mass is 394 g/mol. The van der Waals surface area contributed by atoms with Crippen molar-refractivity contribution in [3.8, 4) is 0 Å². The lowest BCUT2D eigenvalue weighted by molar-refractivity contribution is 0.183. The van der Waals surface area contributed by atoms with Gasteiger partial charge in [0, 0.05) is 26.2 Å². The minimum absolute atomic E-state index is 0.0716. The average molecular weight is 395 g/mol. The summed E-state index contributed by atoms with van der Waals surface area (Å²) in [7, 11) is -1.44. The lowest BCUT2D eigenvalue weighted by Gasteiger charge is -2.33. The minimum atomic E-state index is -3.52. The van der Waals surface area contributed by atoms with Gasteiger partial charge in [0.1, 0.15) is 0 Å². The van der Waals surface area contributed by atoms with Crippen LogP contribution in [0.5, 0.6) is 0 Å². The first kappa shape index (κ1) is 19.9. The second kappa shape index (κ2) is 8.48. The van der Waals surface area contributed by atoms with Gasteiger partial charge in [-0.2, -0.15) is 0 Å². The number of rotatable bonds is 5. The number of nitrogens with zero attached hydrogens (tertiary/aromatic N) is 2. The zero-order valence-corrected chi connectivity index (χ0v) is 16.7. The second-order valence-corrected chi connectivity index (χ2v) is 9.44. The minimum Gasteiger partial charge on any atom is -0.370 e. The van der Waals surface area contributed by atoms with Crippen LogP contribution >= 0.6 is 0 Å². The highest BCUT2D eigenvalue weighted by Gasteiger charge is 2.27. The first-order valence-electron chi connectivity index (χ1n) is 9.72. The van der Waals surface area contributed by atoms with Crippen LogP contribution in [0.2, 0.25) is 0 Å². The molecule has 0 spiro atoms. The fourth-order valence-corrected chi connectivity index (χ4v) is 5.21.